The minimum Gasteiger partial charge on any atom is -0.479 e. The van der Waals surface area contributed by atoms with Gasteiger partial charge < -0.3 is 24.1 Å². The number of pyridine rings is 1. The molecule has 1 fully saturated rings. The second kappa shape index (κ2) is 14.4. The van der Waals surface area contributed by atoms with Crippen LogP contribution in [0.25, 0.3) is 11.1 Å². The van der Waals surface area contributed by atoms with Crippen LogP contribution in [-0.2, 0) is 22.6 Å². The van der Waals surface area contributed by atoms with Crippen LogP contribution < -0.4 is 4.90 Å². The van der Waals surface area contributed by atoms with Crippen molar-refractivity contribution in [2.75, 3.05) is 18.0 Å². The van der Waals surface area contributed by atoms with Crippen LogP contribution in [0.5, 0.6) is 0 Å². The summed E-state index contributed by atoms with van der Waals surface area (Å²) in [4.78, 5) is 35.7. The van der Waals surface area contributed by atoms with Crippen LogP contribution in [0.15, 0.2) is 59.0 Å². The predicted molar refractivity (Wildman–Crippen MR) is 194 cm³/mol. The number of amides is 1. The smallest absolute Gasteiger partial charge is 0.337 e. The van der Waals surface area contributed by atoms with Gasteiger partial charge in [0.2, 0.25) is 0 Å². The highest BCUT2D eigenvalue weighted by Gasteiger charge is 2.36. The Morgan fingerprint density at radius 3 is 2.02 bits per heavy atom. The zero-order valence-electron chi connectivity index (χ0n) is 30.8. The number of halogens is 1. The fraction of sp³-hybridized carbons (Fsp3) is 0.439. The summed E-state index contributed by atoms with van der Waals surface area (Å²) in [6, 6.07) is 16.0. The van der Waals surface area contributed by atoms with Gasteiger partial charge in [0.1, 0.15) is 17.3 Å². The summed E-state index contributed by atoms with van der Waals surface area (Å²) < 4.78 is 25.6. The molecule has 50 heavy (non-hydrogen) atoms. The summed E-state index contributed by atoms with van der Waals surface area (Å²) in [5.74, 6) is -0.356. The van der Waals surface area contributed by atoms with E-state index in [4.69, 9.17) is 14.1 Å². The molecule has 1 unspecified atom stereocenters. The maximum Gasteiger partial charge on any atom is 0.337 e. The first-order valence-electron chi connectivity index (χ1n) is 17.3. The highest BCUT2D eigenvalue weighted by molar-refractivity contribution is 5.95. The van der Waals surface area contributed by atoms with E-state index in [0.717, 1.165) is 59.6 Å². The lowest BCUT2D eigenvalue weighted by Gasteiger charge is -2.41. The van der Waals surface area contributed by atoms with E-state index >= 15 is 0 Å². The van der Waals surface area contributed by atoms with Crippen molar-refractivity contribution in [3.63, 3.8) is 0 Å². The molecule has 266 valence electrons. The molecule has 0 aliphatic carbocycles. The highest BCUT2D eigenvalue weighted by Crippen LogP contribution is 2.45. The molecular weight excluding hydrogens is 633 g/mol. The summed E-state index contributed by atoms with van der Waals surface area (Å²) in [6.45, 7) is 19.7. The molecule has 1 atom stereocenters. The van der Waals surface area contributed by atoms with Crippen LogP contribution in [0.1, 0.15) is 104 Å². The summed E-state index contributed by atoms with van der Waals surface area (Å²) in [5, 5.41) is 10.5. The number of hydrogen-bond acceptors (Lipinski definition) is 6. The van der Waals surface area contributed by atoms with Gasteiger partial charge in [-0.25, -0.2) is 9.18 Å². The van der Waals surface area contributed by atoms with E-state index in [-0.39, 0.29) is 23.7 Å². The van der Waals surface area contributed by atoms with E-state index in [1.165, 1.54) is 12.1 Å². The van der Waals surface area contributed by atoms with E-state index in [1.807, 2.05) is 65.8 Å². The van der Waals surface area contributed by atoms with Gasteiger partial charge in [0.05, 0.1) is 16.9 Å². The van der Waals surface area contributed by atoms with E-state index < -0.39 is 17.7 Å². The van der Waals surface area contributed by atoms with Gasteiger partial charge in [-0.05, 0) is 102 Å². The van der Waals surface area contributed by atoms with Gasteiger partial charge in [0, 0.05) is 48.7 Å². The molecule has 0 saturated carbocycles. The number of carboxylic acids is 1. The van der Waals surface area contributed by atoms with E-state index in [1.54, 1.807) is 30.0 Å². The summed E-state index contributed by atoms with van der Waals surface area (Å²) in [7, 11) is 0. The van der Waals surface area contributed by atoms with Crippen molar-refractivity contribution in [1.29, 1.82) is 0 Å². The second-order valence-corrected chi connectivity index (χ2v) is 15.3. The molecule has 0 bridgehead atoms. The van der Waals surface area contributed by atoms with Crippen molar-refractivity contribution in [3.8, 4) is 11.1 Å². The van der Waals surface area contributed by atoms with E-state index in [0.29, 0.717) is 34.9 Å². The van der Waals surface area contributed by atoms with Crippen molar-refractivity contribution in [2.24, 2.45) is 5.41 Å². The van der Waals surface area contributed by atoms with Crippen molar-refractivity contribution >= 4 is 17.6 Å². The molecule has 4 aromatic rings. The molecule has 2 aromatic heterocycles. The quantitative estimate of drug-likeness (QED) is 0.178. The first kappa shape index (κ1) is 36.8. The monoisotopic (exact) mass is 683 g/mol. The molecule has 1 saturated heterocycles. The minimum absolute atomic E-state index is 0.176. The molecule has 1 aliphatic heterocycles. The molecule has 9 heteroatoms. The SMILES string of the molecule is Cc1cc(C(=O)N(Cc2ccc(F)cc2)Cc2ccc(-c3c(C)nc(C)c(C(OC(C)(C)C)C(=O)O)c3N3CCC(C)(C)CC3)cc2)c(C)o1. The first-order valence-corrected chi connectivity index (χ1v) is 17.3. The van der Waals surface area contributed by atoms with Crippen LogP contribution in [0.4, 0.5) is 10.1 Å². The zero-order valence-corrected chi connectivity index (χ0v) is 30.8. The van der Waals surface area contributed by atoms with Crippen molar-refractivity contribution in [2.45, 2.75) is 99.9 Å². The fourth-order valence-electron chi connectivity index (χ4n) is 6.78. The minimum atomic E-state index is -1.20. The summed E-state index contributed by atoms with van der Waals surface area (Å²) >= 11 is 0. The Hall–Kier alpha value is -4.50. The standard InChI is InChI=1S/C41H50FN3O5/c1-25-22-33(28(4)49-25)38(46)45(24-30-12-16-32(42)17-13-30)23-29-10-14-31(15-11-29)34-26(2)43-27(3)35(37(39(47)48)50-40(5,6)7)36(34)44-20-18-41(8,9)19-21-44/h10-17,22,37H,18-21,23-24H2,1-9H3,(H,47,48). The lowest BCUT2D eigenvalue weighted by Crippen LogP contribution is -2.39. The van der Waals surface area contributed by atoms with Crippen LogP contribution in [0.2, 0.25) is 0 Å². The number of anilines is 1. The van der Waals surface area contributed by atoms with Crippen molar-refractivity contribution in [1.82, 2.24) is 9.88 Å². The Balaban J connectivity index is 1.56. The van der Waals surface area contributed by atoms with Crippen LogP contribution in [0.3, 0.4) is 0 Å². The zero-order chi connectivity index (χ0) is 36.5. The normalized spacial score (nSPS) is 15.2. The van der Waals surface area contributed by atoms with Gasteiger partial charge >= 0.3 is 5.97 Å². The Labute approximate surface area is 295 Å². The number of aromatic nitrogens is 1. The molecule has 0 radical (unpaired) electrons. The number of piperidine rings is 1. The number of carbonyl (C=O) groups excluding carboxylic acids is 1. The highest BCUT2D eigenvalue weighted by atomic mass is 19.1. The number of carboxylic acid groups (broad SMARTS) is 1. The van der Waals surface area contributed by atoms with E-state index in [2.05, 4.69) is 18.7 Å². The number of carbonyl (C=O) groups is 2. The number of aryl methyl sites for hydroxylation is 4. The van der Waals surface area contributed by atoms with Gasteiger partial charge in [-0.15, -0.1) is 0 Å². The second-order valence-electron chi connectivity index (χ2n) is 15.3. The van der Waals surface area contributed by atoms with Gasteiger partial charge in [-0.2, -0.15) is 0 Å². The maximum atomic E-state index is 13.9. The largest absolute Gasteiger partial charge is 0.479 e. The van der Waals surface area contributed by atoms with Gasteiger partial charge in [-0.3, -0.25) is 9.78 Å². The molecular formula is C41H50FN3O5. The topological polar surface area (TPSA) is 96.1 Å². The number of aliphatic carboxylic acids is 1. The predicted octanol–water partition coefficient (Wildman–Crippen LogP) is 9.12. The third kappa shape index (κ3) is 8.44. The van der Waals surface area contributed by atoms with Crippen LogP contribution in [0, 0.1) is 38.9 Å². The lowest BCUT2D eigenvalue weighted by molar-refractivity contribution is -0.160. The summed E-state index contributed by atoms with van der Waals surface area (Å²) in [5.41, 5.74) is 6.35. The average Bonchev–Trinajstić information content (AvgIpc) is 3.37. The lowest BCUT2D eigenvalue weighted by atomic mass is 9.81. The molecule has 2 aromatic carbocycles. The molecule has 3 heterocycles. The van der Waals surface area contributed by atoms with Gasteiger partial charge in [0.25, 0.3) is 5.91 Å². The Morgan fingerprint density at radius 1 is 0.960 bits per heavy atom. The number of rotatable bonds is 10. The van der Waals surface area contributed by atoms with Crippen molar-refractivity contribution < 1.29 is 28.2 Å². The number of ether oxygens (including phenoxy) is 1. The molecule has 5 rings (SSSR count). The fourth-order valence-corrected chi connectivity index (χ4v) is 6.78. The van der Waals surface area contributed by atoms with Crippen LogP contribution in [-0.4, -0.2) is 45.6 Å². The first-order chi connectivity index (χ1) is 23.4. The molecule has 1 amide bonds. The third-order valence-corrected chi connectivity index (χ3v) is 9.43. The van der Waals surface area contributed by atoms with Gasteiger partial charge in [-0.1, -0.05) is 50.2 Å². The molecule has 8 nitrogen and oxygen atoms in total. The van der Waals surface area contributed by atoms with Crippen LogP contribution >= 0.6 is 0 Å². The third-order valence-electron chi connectivity index (χ3n) is 9.43. The number of nitrogens with zero attached hydrogens (tertiary/aromatic N) is 3. The molecule has 1 N–H and O–H groups in total. The maximum absolute atomic E-state index is 13.9. The Kier molecular flexibility index (Phi) is 10.6. The average molecular weight is 684 g/mol. The van der Waals surface area contributed by atoms with Crippen molar-refractivity contribution in [3.05, 3.63) is 106 Å². The summed E-state index contributed by atoms with van der Waals surface area (Å²) in [6.07, 6.45) is 0.736. The molecule has 0 spiro atoms. The van der Waals surface area contributed by atoms with E-state index in [9.17, 15) is 19.1 Å². The molecule has 1 aliphatic rings. The number of benzene rings is 2. The number of hydrogen-bond donors (Lipinski definition) is 1. The number of furan rings is 1. The van der Waals surface area contributed by atoms with Gasteiger partial charge in [0.15, 0.2) is 6.10 Å². The Bertz CT molecular complexity index is 1840. The Morgan fingerprint density at radius 2 is 1.52 bits per heavy atom.